The molecule has 2 saturated heterocycles. The number of amides is 11. The molecule has 97 heavy (non-hydrogen) atoms. The molecular formula is C70H127N13O13S. The van der Waals surface area contributed by atoms with Gasteiger partial charge in [-0.1, -0.05) is 95.2 Å². The zero-order valence-electron chi connectivity index (χ0n) is 63.3. The van der Waals surface area contributed by atoms with Gasteiger partial charge in [-0.3, -0.25) is 52.7 Å². The van der Waals surface area contributed by atoms with Gasteiger partial charge in [-0.05, 0) is 121 Å². The van der Waals surface area contributed by atoms with Crippen molar-refractivity contribution < 1.29 is 63.0 Å². The second-order valence-corrected chi connectivity index (χ2v) is 30.9. The second kappa shape index (κ2) is 40.4. The fourth-order valence-corrected chi connectivity index (χ4v) is 13.6. The van der Waals surface area contributed by atoms with Crippen molar-refractivity contribution in [2.45, 2.75) is 241 Å². The Balaban J connectivity index is 3.11. The SMILES string of the molecule is C/C=C/C[C@@H](C)[C@@H](O)[C@H]1C(=O)N[C@H](CC)C(=O)N(C)[C@H](CSCCCN2CCNCC2)C(=O)N(C)[C@@H](CC(C)(C)O)C(=O)N[C@H](C(C)C)C(=O)N(C)[C@H](CC(C)C)C(=O)N[C@H](C)C(=O)N[C@@H](C)C(=O)N(C)[C@@H](CC(C)C)C(=O)N(C)C(CC(C)C)C(=O)N(C)[C@H](C(C)C)C(=O)N1C. The highest BCUT2D eigenvalue weighted by Crippen LogP contribution is 2.27. The molecule has 2 aliphatic rings. The number of carbonyl (C=O) groups is 11. The molecule has 27 heteroatoms. The first-order valence-electron chi connectivity index (χ1n) is 35.1. The third-order valence-electron chi connectivity index (χ3n) is 18.6. The van der Waals surface area contributed by atoms with Crippen molar-refractivity contribution in [2.24, 2.45) is 35.5 Å². The summed E-state index contributed by atoms with van der Waals surface area (Å²) in [5.41, 5.74) is -1.58. The number of aliphatic hydroxyl groups excluding tert-OH is 1. The number of aliphatic hydroxyl groups is 2. The van der Waals surface area contributed by atoms with Crippen molar-refractivity contribution >= 4 is 76.7 Å². The highest BCUT2D eigenvalue weighted by Gasteiger charge is 2.47. The molecule has 0 radical (unpaired) electrons. The normalized spacial score (nSPS) is 27.1. The zero-order valence-corrected chi connectivity index (χ0v) is 64.1. The quantitative estimate of drug-likeness (QED) is 0.0642. The van der Waals surface area contributed by atoms with Crippen LogP contribution in [0.15, 0.2) is 12.2 Å². The molecule has 7 N–H and O–H groups in total. The van der Waals surface area contributed by atoms with E-state index in [0.29, 0.717) is 5.75 Å². The minimum atomic E-state index is -1.66. The van der Waals surface area contributed by atoms with E-state index >= 15 is 33.6 Å². The van der Waals surface area contributed by atoms with Gasteiger partial charge in [-0.15, -0.1) is 0 Å². The van der Waals surface area contributed by atoms with Gasteiger partial charge in [0, 0.05) is 87.7 Å². The van der Waals surface area contributed by atoms with Crippen LogP contribution in [0.4, 0.5) is 0 Å². The van der Waals surface area contributed by atoms with Gasteiger partial charge < -0.3 is 76.0 Å². The van der Waals surface area contributed by atoms with Crippen LogP contribution in [0.1, 0.15) is 163 Å². The molecular weight excluding hydrogens is 1260 g/mol. The Morgan fingerprint density at radius 3 is 1.47 bits per heavy atom. The monoisotopic (exact) mass is 1390 g/mol. The summed E-state index contributed by atoms with van der Waals surface area (Å²) in [6.45, 7) is 33.3. The molecule has 0 aromatic carbocycles. The smallest absolute Gasteiger partial charge is 0.246 e. The van der Waals surface area contributed by atoms with Gasteiger partial charge in [0.2, 0.25) is 65.0 Å². The van der Waals surface area contributed by atoms with E-state index in [1.54, 1.807) is 54.5 Å². The largest absolute Gasteiger partial charge is 0.390 e. The van der Waals surface area contributed by atoms with E-state index in [1.165, 1.54) is 113 Å². The van der Waals surface area contributed by atoms with Crippen LogP contribution >= 0.6 is 11.8 Å². The number of carbonyl (C=O) groups excluding carboxylic acids is 11. The Kier molecular flexibility index (Phi) is 36.3. The van der Waals surface area contributed by atoms with Crippen LogP contribution < -0.4 is 26.6 Å². The van der Waals surface area contributed by atoms with Crippen LogP contribution in [-0.4, -0.2) is 286 Å². The Bertz CT molecular complexity index is 2650. The fourth-order valence-electron chi connectivity index (χ4n) is 12.5. The number of piperazine rings is 1. The summed E-state index contributed by atoms with van der Waals surface area (Å²) in [5.74, 6) is -9.61. The number of rotatable bonds is 21. The summed E-state index contributed by atoms with van der Waals surface area (Å²) in [6.07, 6.45) is 3.13. The molecule has 0 aliphatic carbocycles. The fraction of sp³-hybridized carbons (Fsp3) is 0.814. The summed E-state index contributed by atoms with van der Waals surface area (Å²) in [5, 5.41) is 38.2. The molecule has 0 aromatic heterocycles. The lowest BCUT2D eigenvalue weighted by atomic mass is 9.91. The third-order valence-corrected chi connectivity index (χ3v) is 19.8. The molecule has 0 aromatic rings. The average Bonchev–Trinajstić information content (AvgIpc) is 0.808. The maximum atomic E-state index is 15.5. The Labute approximate surface area is 585 Å². The van der Waals surface area contributed by atoms with Gasteiger partial charge in [-0.25, -0.2) is 0 Å². The van der Waals surface area contributed by atoms with E-state index < -0.39 is 161 Å². The van der Waals surface area contributed by atoms with E-state index in [1.807, 2.05) is 47.6 Å². The van der Waals surface area contributed by atoms with Crippen LogP contribution in [0, 0.1) is 35.5 Å². The van der Waals surface area contributed by atoms with Crippen LogP contribution in [0.25, 0.3) is 0 Å². The molecule has 13 atom stereocenters. The third kappa shape index (κ3) is 25.7. The number of hydrogen-bond donors (Lipinski definition) is 7. The van der Waals surface area contributed by atoms with Gasteiger partial charge >= 0.3 is 0 Å². The Hall–Kier alpha value is -5.90. The maximum absolute atomic E-state index is 15.5. The molecule has 0 saturated carbocycles. The van der Waals surface area contributed by atoms with Crippen molar-refractivity contribution in [3.63, 3.8) is 0 Å². The number of hydrogen-bond acceptors (Lipinski definition) is 16. The standard InChI is InChI=1S/C70H127N13O13S/c1-25-27-29-46(13)58(84)57-62(88)74-49(26-2)64(90)80(22)54(40-97-35-28-32-83-33-30-71-31-34-83)67(93)79(21)53(39-70(16,17)96)61(87)75-55(44(9)10)68(94)76(18)50(36-41(3)4)60(86)72-47(14)59(85)73-48(15)63(89)77(19)51(37-42(5)6)65(91)78(20)52(38-43(7)8)66(92)81(23)56(45(11)12)69(95)82(57)24/h25,27,41-58,71,84,96H,26,28-40H2,1-24H3,(H,72,86)(H,73,85)(H,74,88)(H,75,87)/b27-25+/t46-,47-,48+,49-,50-,51+,52?,53+,54-,55-,56-,57+,58-/m1/s1. The molecule has 1 unspecified atom stereocenters. The van der Waals surface area contributed by atoms with Crippen LogP contribution in [-0.2, 0) is 52.7 Å². The first kappa shape index (κ1) is 87.2. The maximum Gasteiger partial charge on any atom is 0.246 e. The first-order chi connectivity index (χ1) is 45.0. The number of nitrogens with one attached hydrogen (secondary N) is 5. The van der Waals surface area contributed by atoms with Crippen LogP contribution in [0.3, 0.4) is 0 Å². The molecule has 0 spiro atoms. The molecule has 0 bridgehead atoms. The molecule has 2 rings (SSSR count). The number of allylic oxidation sites excluding steroid dienone is 2. The summed E-state index contributed by atoms with van der Waals surface area (Å²) >= 11 is 1.42. The summed E-state index contributed by atoms with van der Waals surface area (Å²) in [7, 11) is 9.92. The lowest BCUT2D eigenvalue weighted by Crippen LogP contribution is -2.64. The van der Waals surface area contributed by atoms with Crippen molar-refractivity contribution in [1.29, 1.82) is 0 Å². The van der Waals surface area contributed by atoms with Crippen LogP contribution in [0.5, 0.6) is 0 Å². The van der Waals surface area contributed by atoms with Gasteiger partial charge in [0.15, 0.2) is 0 Å². The number of likely N-dealkylation sites (N-methyl/N-ethyl adjacent to an activating group) is 7. The average molecular weight is 1390 g/mol. The van der Waals surface area contributed by atoms with Gasteiger partial charge in [0.05, 0.1) is 11.7 Å². The van der Waals surface area contributed by atoms with E-state index in [2.05, 4.69) is 31.5 Å². The molecule has 2 aliphatic heterocycles. The lowest BCUT2D eigenvalue weighted by molar-refractivity contribution is -0.157. The van der Waals surface area contributed by atoms with E-state index in [9.17, 15) is 29.4 Å². The predicted octanol–water partition coefficient (Wildman–Crippen LogP) is 2.78. The Morgan fingerprint density at radius 2 is 0.979 bits per heavy atom. The second-order valence-electron chi connectivity index (χ2n) is 29.7. The summed E-state index contributed by atoms with van der Waals surface area (Å²) < 4.78 is 0. The molecule has 2 fully saturated rings. The molecule has 11 amide bonds. The highest BCUT2D eigenvalue weighted by atomic mass is 32.2. The minimum absolute atomic E-state index is 0.0229. The molecule has 26 nitrogen and oxygen atoms in total. The van der Waals surface area contributed by atoms with Gasteiger partial charge in [-0.2, -0.15) is 11.8 Å². The zero-order chi connectivity index (χ0) is 74.4. The minimum Gasteiger partial charge on any atom is -0.390 e. The lowest BCUT2D eigenvalue weighted by Gasteiger charge is -2.41. The first-order valence-corrected chi connectivity index (χ1v) is 36.2. The Morgan fingerprint density at radius 1 is 0.526 bits per heavy atom. The number of thioether (sulfide) groups is 1. The number of nitrogens with zero attached hydrogens (tertiary/aromatic N) is 8. The molecule has 556 valence electrons. The summed E-state index contributed by atoms with van der Waals surface area (Å²) in [4.78, 5) is 175. The molecule has 2 heterocycles. The topological polar surface area (TPSA) is 314 Å². The van der Waals surface area contributed by atoms with E-state index in [0.717, 1.165) is 48.9 Å². The van der Waals surface area contributed by atoms with Crippen LogP contribution in [0.2, 0.25) is 0 Å². The van der Waals surface area contributed by atoms with Gasteiger partial charge in [0.1, 0.15) is 66.5 Å². The van der Waals surface area contributed by atoms with Crippen molar-refractivity contribution in [2.75, 3.05) is 93.6 Å². The van der Waals surface area contributed by atoms with Crippen molar-refractivity contribution in [3.8, 4) is 0 Å². The highest BCUT2D eigenvalue weighted by molar-refractivity contribution is 7.99. The predicted molar refractivity (Wildman–Crippen MR) is 380 cm³/mol. The van der Waals surface area contributed by atoms with Crippen molar-refractivity contribution in [3.05, 3.63) is 12.2 Å². The van der Waals surface area contributed by atoms with E-state index in [-0.39, 0.29) is 62.0 Å². The van der Waals surface area contributed by atoms with Gasteiger partial charge in [0.25, 0.3) is 0 Å². The van der Waals surface area contributed by atoms with E-state index in [4.69, 9.17) is 0 Å². The summed E-state index contributed by atoms with van der Waals surface area (Å²) in [6, 6.07) is -14.4. The van der Waals surface area contributed by atoms with Crippen molar-refractivity contribution in [1.82, 2.24) is 65.8 Å².